The largest absolute Gasteiger partial charge is 0.340 e. The van der Waals surface area contributed by atoms with Crippen LogP contribution in [0.25, 0.3) is 0 Å². The first kappa shape index (κ1) is 11.8. The van der Waals surface area contributed by atoms with Crippen molar-refractivity contribution < 1.29 is 0 Å². The number of rotatable bonds is 1. The van der Waals surface area contributed by atoms with Gasteiger partial charge in [0.15, 0.2) is 0 Å². The lowest BCUT2D eigenvalue weighted by molar-refractivity contribution is 0.712. The van der Waals surface area contributed by atoms with Crippen LogP contribution in [0.3, 0.4) is 0 Å². The molecule has 0 aliphatic carbocycles. The highest BCUT2D eigenvalue weighted by Crippen LogP contribution is 2.31. The van der Waals surface area contributed by atoms with Gasteiger partial charge in [0.25, 0.3) is 0 Å². The van der Waals surface area contributed by atoms with Crippen molar-refractivity contribution in [3.05, 3.63) is 58.6 Å². The smallest absolute Gasteiger partial charge is 0.0456 e. The Labute approximate surface area is 116 Å². The van der Waals surface area contributed by atoms with Gasteiger partial charge in [0.1, 0.15) is 0 Å². The number of nitrogens with one attached hydrogen (secondary N) is 1. The summed E-state index contributed by atoms with van der Waals surface area (Å²) in [4.78, 5) is 2.38. The fourth-order valence-electron chi connectivity index (χ4n) is 2.37. The van der Waals surface area contributed by atoms with E-state index in [1.54, 1.807) is 0 Å². The molecule has 18 heavy (non-hydrogen) atoms. The zero-order valence-electron chi connectivity index (χ0n) is 10.1. The Morgan fingerprint density at radius 3 is 2.83 bits per heavy atom. The average molecular weight is 303 g/mol. The number of para-hydroxylation sites is 1. The molecule has 1 N–H and O–H groups in total. The number of nitrogens with zero attached hydrogens (tertiary/aromatic N) is 1. The first-order chi connectivity index (χ1) is 8.84. The maximum atomic E-state index is 3.55. The van der Waals surface area contributed by atoms with Crippen LogP contribution < -0.4 is 10.2 Å². The lowest BCUT2D eigenvalue weighted by atomic mass is 10.1. The molecule has 1 heterocycles. The molecule has 2 aromatic carbocycles. The SMILES string of the molecule is Brc1cccc(N2CCNCc3ccccc32)c1. The minimum Gasteiger partial charge on any atom is -0.340 e. The van der Waals surface area contributed by atoms with E-state index in [0.29, 0.717) is 0 Å². The van der Waals surface area contributed by atoms with Crippen LogP contribution >= 0.6 is 15.9 Å². The predicted octanol–water partition coefficient (Wildman–Crippen LogP) is 3.69. The normalized spacial score (nSPS) is 15.1. The molecule has 1 aliphatic rings. The van der Waals surface area contributed by atoms with Crippen molar-refractivity contribution in [1.29, 1.82) is 0 Å². The zero-order valence-corrected chi connectivity index (χ0v) is 11.7. The second kappa shape index (κ2) is 5.12. The minimum absolute atomic E-state index is 0.945. The first-order valence-corrected chi connectivity index (χ1v) is 6.95. The molecule has 92 valence electrons. The molecule has 0 saturated heterocycles. The third-order valence-corrected chi connectivity index (χ3v) is 3.72. The topological polar surface area (TPSA) is 15.3 Å². The Hall–Kier alpha value is -1.32. The van der Waals surface area contributed by atoms with Gasteiger partial charge in [-0.3, -0.25) is 0 Å². The van der Waals surface area contributed by atoms with Crippen LogP contribution in [0.4, 0.5) is 11.4 Å². The fraction of sp³-hybridized carbons (Fsp3) is 0.200. The summed E-state index contributed by atoms with van der Waals surface area (Å²) < 4.78 is 1.12. The highest BCUT2D eigenvalue weighted by atomic mass is 79.9. The lowest BCUT2D eigenvalue weighted by Gasteiger charge is -2.24. The van der Waals surface area contributed by atoms with Crippen molar-refractivity contribution in [2.24, 2.45) is 0 Å². The lowest BCUT2D eigenvalue weighted by Crippen LogP contribution is -2.24. The van der Waals surface area contributed by atoms with E-state index in [9.17, 15) is 0 Å². The van der Waals surface area contributed by atoms with Crippen molar-refractivity contribution in [3.63, 3.8) is 0 Å². The third-order valence-electron chi connectivity index (χ3n) is 3.23. The Bertz CT molecular complexity index is 554. The summed E-state index contributed by atoms with van der Waals surface area (Å²) in [6.07, 6.45) is 0. The van der Waals surface area contributed by atoms with E-state index in [4.69, 9.17) is 0 Å². The maximum absolute atomic E-state index is 3.55. The quantitative estimate of drug-likeness (QED) is 0.864. The van der Waals surface area contributed by atoms with Crippen LogP contribution in [0.5, 0.6) is 0 Å². The summed E-state index contributed by atoms with van der Waals surface area (Å²) in [5.74, 6) is 0. The Balaban J connectivity index is 2.06. The van der Waals surface area contributed by atoms with Crippen molar-refractivity contribution in [2.45, 2.75) is 6.54 Å². The monoisotopic (exact) mass is 302 g/mol. The van der Waals surface area contributed by atoms with Crippen LogP contribution in [0.15, 0.2) is 53.0 Å². The molecule has 3 heteroatoms. The van der Waals surface area contributed by atoms with Crippen molar-refractivity contribution in [1.82, 2.24) is 5.32 Å². The molecule has 0 aromatic heterocycles. The highest BCUT2D eigenvalue weighted by molar-refractivity contribution is 9.10. The number of fused-ring (bicyclic) bond motifs is 1. The van der Waals surface area contributed by atoms with Gasteiger partial charge in [-0.05, 0) is 29.8 Å². The molecule has 3 rings (SSSR count). The van der Waals surface area contributed by atoms with Gasteiger partial charge in [-0.15, -0.1) is 0 Å². The summed E-state index contributed by atoms with van der Waals surface area (Å²) in [6.45, 7) is 2.94. The summed E-state index contributed by atoms with van der Waals surface area (Å²) in [6, 6.07) is 17.1. The van der Waals surface area contributed by atoms with Gasteiger partial charge < -0.3 is 10.2 Å². The molecule has 0 amide bonds. The number of halogens is 1. The van der Waals surface area contributed by atoms with E-state index < -0.39 is 0 Å². The summed E-state index contributed by atoms with van der Waals surface area (Å²) in [5, 5.41) is 3.46. The van der Waals surface area contributed by atoms with E-state index >= 15 is 0 Å². The van der Waals surface area contributed by atoms with Gasteiger partial charge in [-0.2, -0.15) is 0 Å². The molecular weight excluding hydrogens is 288 g/mol. The predicted molar refractivity (Wildman–Crippen MR) is 79.3 cm³/mol. The van der Waals surface area contributed by atoms with Gasteiger partial charge in [0.05, 0.1) is 0 Å². The molecular formula is C15H15BrN2. The highest BCUT2D eigenvalue weighted by Gasteiger charge is 2.15. The molecule has 0 bridgehead atoms. The van der Waals surface area contributed by atoms with Crippen molar-refractivity contribution in [2.75, 3.05) is 18.0 Å². The maximum Gasteiger partial charge on any atom is 0.0456 e. The Morgan fingerprint density at radius 2 is 1.94 bits per heavy atom. The van der Waals surface area contributed by atoms with E-state index in [1.165, 1.54) is 16.9 Å². The van der Waals surface area contributed by atoms with E-state index in [1.807, 2.05) is 0 Å². The fourth-order valence-corrected chi connectivity index (χ4v) is 2.76. The average Bonchev–Trinajstić information content (AvgIpc) is 2.61. The Kier molecular flexibility index (Phi) is 3.35. The number of hydrogen-bond donors (Lipinski definition) is 1. The molecule has 0 atom stereocenters. The first-order valence-electron chi connectivity index (χ1n) is 6.16. The second-order valence-electron chi connectivity index (χ2n) is 4.44. The van der Waals surface area contributed by atoms with Crippen molar-refractivity contribution in [3.8, 4) is 0 Å². The molecule has 0 saturated carbocycles. The molecule has 0 radical (unpaired) electrons. The van der Waals surface area contributed by atoms with Gasteiger partial charge in [-0.1, -0.05) is 40.2 Å². The van der Waals surface area contributed by atoms with E-state index in [0.717, 1.165) is 24.1 Å². The molecule has 2 nitrogen and oxygen atoms in total. The molecule has 0 unspecified atom stereocenters. The molecule has 0 spiro atoms. The van der Waals surface area contributed by atoms with Crippen LogP contribution in [-0.4, -0.2) is 13.1 Å². The number of hydrogen-bond acceptors (Lipinski definition) is 2. The van der Waals surface area contributed by atoms with Crippen LogP contribution in [0.1, 0.15) is 5.56 Å². The standard InChI is InChI=1S/C15H15BrN2/c16-13-5-3-6-14(10-13)18-9-8-17-11-12-4-1-2-7-15(12)18/h1-7,10,17H,8-9,11H2. The molecule has 2 aromatic rings. The number of benzene rings is 2. The summed E-state index contributed by atoms with van der Waals surface area (Å²) >= 11 is 3.55. The third kappa shape index (κ3) is 2.28. The second-order valence-corrected chi connectivity index (χ2v) is 5.35. The molecule has 0 fully saturated rings. The van der Waals surface area contributed by atoms with Gasteiger partial charge >= 0.3 is 0 Å². The summed E-state index contributed by atoms with van der Waals surface area (Å²) in [5.41, 5.74) is 3.90. The van der Waals surface area contributed by atoms with Gasteiger partial charge in [0.2, 0.25) is 0 Å². The number of anilines is 2. The van der Waals surface area contributed by atoms with Crippen LogP contribution in [0.2, 0.25) is 0 Å². The van der Waals surface area contributed by atoms with E-state index in [2.05, 4.69) is 74.7 Å². The Morgan fingerprint density at radius 1 is 1.06 bits per heavy atom. The minimum atomic E-state index is 0.945. The zero-order chi connectivity index (χ0) is 12.4. The van der Waals surface area contributed by atoms with Gasteiger partial charge in [0, 0.05) is 35.5 Å². The van der Waals surface area contributed by atoms with Crippen LogP contribution in [-0.2, 0) is 6.54 Å². The van der Waals surface area contributed by atoms with Crippen LogP contribution in [0, 0.1) is 0 Å². The van der Waals surface area contributed by atoms with Gasteiger partial charge in [-0.25, -0.2) is 0 Å². The molecule has 1 aliphatic heterocycles. The summed E-state index contributed by atoms with van der Waals surface area (Å²) in [7, 11) is 0. The van der Waals surface area contributed by atoms with E-state index in [-0.39, 0.29) is 0 Å². The van der Waals surface area contributed by atoms with Crippen molar-refractivity contribution >= 4 is 27.3 Å².